The van der Waals surface area contributed by atoms with Gasteiger partial charge in [-0.1, -0.05) is 19.1 Å². The van der Waals surface area contributed by atoms with E-state index in [2.05, 4.69) is 0 Å². The zero-order chi connectivity index (χ0) is 15.8. The molecule has 0 spiro atoms. The number of benzene rings is 1. The molecule has 2 unspecified atom stereocenters. The molecule has 1 aliphatic rings. The van der Waals surface area contributed by atoms with Gasteiger partial charge in [-0.25, -0.2) is 0 Å². The van der Waals surface area contributed by atoms with Crippen molar-refractivity contribution in [1.82, 2.24) is 4.90 Å². The summed E-state index contributed by atoms with van der Waals surface area (Å²) in [6.45, 7) is 4.71. The zero-order valence-corrected chi connectivity index (χ0v) is 11.9. The first kappa shape index (κ1) is 15.8. The van der Waals surface area contributed by atoms with Gasteiger partial charge >= 0.3 is 12.1 Å². The molecule has 0 aromatic heterocycles. The van der Waals surface area contributed by atoms with Gasteiger partial charge in [-0.15, -0.1) is 0 Å². The molecule has 1 aromatic rings. The van der Waals surface area contributed by atoms with Gasteiger partial charge in [0.1, 0.15) is 0 Å². The van der Waals surface area contributed by atoms with Gasteiger partial charge in [0.15, 0.2) is 0 Å². The minimum atomic E-state index is -4.34. The molecule has 1 aromatic carbocycles. The summed E-state index contributed by atoms with van der Waals surface area (Å²) in [5.74, 6) is -1.18. The molecule has 116 valence electrons. The Hall–Kier alpha value is -1.56. The second-order valence-corrected chi connectivity index (χ2v) is 5.64. The highest BCUT2D eigenvalue weighted by Gasteiger charge is 2.37. The molecular formula is C15H18F3NO2. The van der Waals surface area contributed by atoms with E-state index in [-0.39, 0.29) is 12.0 Å². The zero-order valence-electron chi connectivity index (χ0n) is 11.9. The molecular weight excluding hydrogens is 283 g/mol. The van der Waals surface area contributed by atoms with Gasteiger partial charge in [-0.2, -0.15) is 13.2 Å². The minimum absolute atomic E-state index is 0.0655. The van der Waals surface area contributed by atoms with Crippen molar-refractivity contribution in [2.75, 3.05) is 13.1 Å². The van der Waals surface area contributed by atoms with E-state index in [4.69, 9.17) is 5.11 Å². The van der Waals surface area contributed by atoms with E-state index in [1.165, 1.54) is 12.1 Å². The third-order valence-electron chi connectivity index (χ3n) is 4.28. The number of alkyl halides is 3. The van der Waals surface area contributed by atoms with Crippen molar-refractivity contribution >= 4 is 5.97 Å². The Balaban J connectivity index is 2.03. The molecule has 0 radical (unpaired) electrons. The summed E-state index contributed by atoms with van der Waals surface area (Å²) in [5.41, 5.74) is -0.0471. The van der Waals surface area contributed by atoms with E-state index in [1.54, 1.807) is 13.0 Å². The number of nitrogens with zero attached hydrogens (tertiary/aromatic N) is 1. The monoisotopic (exact) mass is 301 g/mol. The van der Waals surface area contributed by atoms with Gasteiger partial charge in [-0.3, -0.25) is 9.69 Å². The van der Waals surface area contributed by atoms with Crippen LogP contribution in [0.3, 0.4) is 0 Å². The molecule has 1 N–H and O–H groups in total. The molecule has 2 rings (SSSR count). The van der Waals surface area contributed by atoms with Crippen LogP contribution in [0.5, 0.6) is 0 Å². The van der Waals surface area contributed by atoms with Crippen LogP contribution < -0.4 is 0 Å². The second kappa shape index (κ2) is 5.67. The highest BCUT2D eigenvalue weighted by molar-refractivity contribution is 5.70. The number of carboxylic acid groups (broad SMARTS) is 1. The van der Waals surface area contributed by atoms with E-state index in [9.17, 15) is 18.0 Å². The van der Waals surface area contributed by atoms with Crippen LogP contribution in [0.15, 0.2) is 24.3 Å². The molecule has 3 nitrogen and oxygen atoms in total. The molecule has 1 fully saturated rings. The molecule has 1 saturated heterocycles. The van der Waals surface area contributed by atoms with Gasteiger partial charge < -0.3 is 5.11 Å². The second-order valence-electron chi connectivity index (χ2n) is 5.64. The van der Waals surface area contributed by atoms with Crippen LogP contribution in [0.4, 0.5) is 13.2 Å². The number of rotatable bonds is 4. The topological polar surface area (TPSA) is 40.5 Å². The maximum atomic E-state index is 12.7. The molecule has 0 bridgehead atoms. The summed E-state index contributed by atoms with van der Waals surface area (Å²) < 4.78 is 38.1. The summed E-state index contributed by atoms with van der Waals surface area (Å²) in [5, 5.41) is 8.94. The van der Waals surface area contributed by atoms with E-state index < -0.39 is 23.6 Å². The molecule has 21 heavy (non-hydrogen) atoms. The lowest BCUT2D eigenvalue weighted by molar-refractivity contribution is -0.146. The van der Waals surface area contributed by atoms with E-state index in [1.807, 2.05) is 11.8 Å². The number of hydrogen-bond acceptors (Lipinski definition) is 2. The lowest BCUT2D eigenvalue weighted by atomic mass is 9.85. The molecule has 6 heteroatoms. The number of carbonyl (C=O) groups is 1. The predicted octanol–water partition coefficient (Wildman–Crippen LogP) is 3.42. The quantitative estimate of drug-likeness (QED) is 0.926. The van der Waals surface area contributed by atoms with Gasteiger partial charge in [0.2, 0.25) is 0 Å². The van der Waals surface area contributed by atoms with Gasteiger partial charge in [-0.05, 0) is 30.5 Å². The van der Waals surface area contributed by atoms with Crippen molar-refractivity contribution in [2.24, 2.45) is 11.8 Å². The Bertz CT molecular complexity index is 524. The summed E-state index contributed by atoms with van der Waals surface area (Å²) in [4.78, 5) is 12.9. The average molecular weight is 301 g/mol. The summed E-state index contributed by atoms with van der Waals surface area (Å²) in [6.07, 6.45) is -4.34. The van der Waals surface area contributed by atoms with Crippen molar-refractivity contribution in [3.05, 3.63) is 35.4 Å². The van der Waals surface area contributed by atoms with Crippen LogP contribution in [-0.4, -0.2) is 29.1 Å². The Morgan fingerprint density at radius 3 is 2.48 bits per heavy atom. The maximum Gasteiger partial charge on any atom is 0.416 e. The van der Waals surface area contributed by atoms with Crippen LogP contribution in [-0.2, 0) is 11.0 Å². The molecule has 0 aliphatic carbocycles. The van der Waals surface area contributed by atoms with Crippen molar-refractivity contribution in [1.29, 1.82) is 0 Å². The first-order valence-corrected chi connectivity index (χ1v) is 6.84. The lowest BCUT2D eigenvalue weighted by Crippen LogP contribution is -2.51. The largest absolute Gasteiger partial charge is 0.481 e. The van der Waals surface area contributed by atoms with Crippen molar-refractivity contribution in [2.45, 2.75) is 26.1 Å². The van der Waals surface area contributed by atoms with E-state index in [0.29, 0.717) is 18.7 Å². The number of aliphatic carboxylic acids is 1. The Labute approximate surface area is 121 Å². The SMILES string of the molecule is CC(C(=O)O)C1CN(C(C)c2cccc(C(F)(F)F)c2)C1. The van der Waals surface area contributed by atoms with Crippen molar-refractivity contribution in [3.63, 3.8) is 0 Å². The highest BCUT2D eigenvalue weighted by atomic mass is 19.4. The number of likely N-dealkylation sites (tertiary alicyclic amines) is 1. The van der Waals surface area contributed by atoms with Gasteiger partial charge in [0.25, 0.3) is 0 Å². The molecule has 1 heterocycles. The highest BCUT2D eigenvalue weighted by Crippen LogP contribution is 2.35. The minimum Gasteiger partial charge on any atom is -0.481 e. The smallest absolute Gasteiger partial charge is 0.416 e. The Kier molecular flexibility index (Phi) is 4.27. The third kappa shape index (κ3) is 3.37. The first-order valence-electron chi connectivity index (χ1n) is 6.84. The standard InChI is InChI=1S/C15H18F3NO2/c1-9(14(20)21)12-7-19(8-12)10(2)11-4-3-5-13(6-11)15(16,17)18/h3-6,9-10,12H,7-8H2,1-2H3,(H,20,21). The van der Waals surface area contributed by atoms with Crippen LogP contribution in [0, 0.1) is 11.8 Å². The predicted molar refractivity (Wildman–Crippen MR) is 71.7 cm³/mol. The number of carboxylic acids is 1. The lowest BCUT2D eigenvalue weighted by Gasteiger charge is -2.45. The fourth-order valence-electron chi connectivity index (χ4n) is 2.57. The van der Waals surface area contributed by atoms with E-state index in [0.717, 1.165) is 6.07 Å². The fourth-order valence-corrected chi connectivity index (χ4v) is 2.57. The first-order chi connectivity index (χ1) is 9.70. The Morgan fingerprint density at radius 1 is 1.33 bits per heavy atom. The summed E-state index contributed by atoms with van der Waals surface area (Å²) >= 11 is 0. The summed E-state index contributed by atoms with van der Waals surface area (Å²) in [7, 11) is 0. The van der Waals surface area contributed by atoms with Crippen LogP contribution >= 0.6 is 0 Å². The fraction of sp³-hybridized carbons (Fsp3) is 0.533. The van der Waals surface area contributed by atoms with Crippen molar-refractivity contribution in [3.8, 4) is 0 Å². The van der Waals surface area contributed by atoms with Gasteiger partial charge in [0.05, 0.1) is 11.5 Å². The molecule has 0 saturated carbocycles. The van der Waals surface area contributed by atoms with Crippen LogP contribution in [0.1, 0.15) is 31.0 Å². The van der Waals surface area contributed by atoms with Crippen LogP contribution in [0.25, 0.3) is 0 Å². The third-order valence-corrected chi connectivity index (χ3v) is 4.28. The normalized spacial score (nSPS) is 19.9. The molecule has 2 atom stereocenters. The van der Waals surface area contributed by atoms with Crippen LogP contribution in [0.2, 0.25) is 0 Å². The average Bonchev–Trinajstić information content (AvgIpc) is 2.35. The Morgan fingerprint density at radius 2 is 1.95 bits per heavy atom. The number of halogens is 3. The van der Waals surface area contributed by atoms with Crippen molar-refractivity contribution < 1.29 is 23.1 Å². The summed E-state index contributed by atoms with van der Waals surface area (Å²) in [6, 6.07) is 5.16. The molecule has 0 amide bonds. The number of hydrogen-bond donors (Lipinski definition) is 1. The molecule has 1 aliphatic heterocycles. The van der Waals surface area contributed by atoms with E-state index >= 15 is 0 Å². The van der Waals surface area contributed by atoms with Gasteiger partial charge in [0, 0.05) is 19.1 Å². The maximum absolute atomic E-state index is 12.7.